The summed E-state index contributed by atoms with van der Waals surface area (Å²) in [6.07, 6.45) is 4.50. The molecule has 0 spiro atoms. The first-order valence-electron chi connectivity index (χ1n) is 13.3. The third-order valence-corrected chi connectivity index (χ3v) is 6.26. The van der Waals surface area contributed by atoms with Gasteiger partial charge in [0.05, 0.1) is 12.4 Å². The van der Waals surface area contributed by atoms with Gasteiger partial charge in [-0.3, -0.25) is 24.4 Å². The summed E-state index contributed by atoms with van der Waals surface area (Å²) in [6.45, 7) is 3.96. The Balaban J connectivity index is 3.01. The third kappa shape index (κ3) is 13.5. The highest BCUT2D eigenvalue weighted by Gasteiger charge is 2.32. The van der Waals surface area contributed by atoms with E-state index in [1.807, 2.05) is 6.92 Å². The van der Waals surface area contributed by atoms with Crippen LogP contribution in [0.5, 0.6) is 0 Å². The Bertz CT molecular complexity index is 1040. The molecule has 0 aliphatic rings. The molecule has 41 heavy (non-hydrogen) atoms. The van der Waals surface area contributed by atoms with Gasteiger partial charge in [0.25, 0.3) is 0 Å². The average Bonchev–Trinajstić information content (AvgIpc) is 3.42. The fraction of sp³-hybridized carbons (Fsp3) is 0.625. The van der Waals surface area contributed by atoms with E-state index in [2.05, 4.69) is 35.9 Å². The minimum atomic E-state index is -1.24. The summed E-state index contributed by atoms with van der Waals surface area (Å²) < 4.78 is 0. The Labute approximate surface area is 238 Å². The van der Waals surface area contributed by atoms with Gasteiger partial charge >= 0.3 is 5.97 Å². The number of aromatic nitrogens is 2. The number of aliphatic imine (C=N–C) groups is 2. The van der Waals surface area contributed by atoms with Crippen molar-refractivity contribution in [3.8, 4) is 0 Å². The van der Waals surface area contributed by atoms with Gasteiger partial charge in [-0.1, -0.05) is 20.3 Å². The van der Waals surface area contributed by atoms with Gasteiger partial charge in [0.15, 0.2) is 11.9 Å². The van der Waals surface area contributed by atoms with Gasteiger partial charge in [-0.2, -0.15) is 0 Å². The number of aromatic amines is 1. The summed E-state index contributed by atoms with van der Waals surface area (Å²) in [5, 5.41) is 17.4. The van der Waals surface area contributed by atoms with Crippen LogP contribution in [-0.2, 0) is 25.6 Å². The highest BCUT2D eigenvalue weighted by atomic mass is 16.4. The monoisotopic (exact) mass is 580 g/mol. The van der Waals surface area contributed by atoms with Crippen LogP contribution in [-0.4, -0.2) is 87.9 Å². The van der Waals surface area contributed by atoms with Crippen molar-refractivity contribution >= 4 is 35.6 Å². The lowest BCUT2D eigenvalue weighted by atomic mass is 9.96. The fourth-order valence-electron chi connectivity index (χ4n) is 3.76. The van der Waals surface area contributed by atoms with E-state index >= 15 is 0 Å². The van der Waals surface area contributed by atoms with Gasteiger partial charge in [0.1, 0.15) is 18.1 Å². The number of rotatable bonds is 19. The molecule has 17 nitrogen and oxygen atoms in total. The molecule has 0 aromatic carbocycles. The lowest BCUT2D eigenvalue weighted by Gasteiger charge is -2.28. The maximum absolute atomic E-state index is 13.4. The number of amides is 3. The third-order valence-electron chi connectivity index (χ3n) is 6.26. The van der Waals surface area contributed by atoms with Gasteiger partial charge < -0.3 is 54.7 Å². The molecule has 5 atom stereocenters. The fourth-order valence-corrected chi connectivity index (χ4v) is 3.76. The van der Waals surface area contributed by atoms with Crippen LogP contribution in [0.2, 0.25) is 0 Å². The molecule has 0 saturated carbocycles. The minimum Gasteiger partial charge on any atom is -0.480 e. The van der Waals surface area contributed by atoms with E-state index in [1.165, 1.54) is 12.5 Å². The van der Waals surface area contributed by atoms with Crippen molar-refractivity contribution in [3.63, 3.8) is 0 Å². The molecule has 1 rings (SSSR count). The van der Waals surface area contributed by atoms with Crippen LogP contribution < -0.4 is 44.6 Å². The summed E-state index contributed by atoms with van der Waals surface area (Å²) in [6, 6.07) is -4.36. The van der Waals surface area contributed by atoms with Crippen molar-refractivity contribution in [1.82, 2.24) is 25.9 Å². The van der Waals surface area contributed by atoms with E-state index in [0.29, 0.717) is 25.0 Å². The molecule has 1 heterocycles. The van der Waals surface area contributed by atoms with E-state index in [1.54, 1.807) is 6.92 Å². The van der Waals surface area contributed by atoms with Gasteiger partial charge in [0, 0.05) is 31.4 Å². The van der Waals surface area contributed by atoms with E-state index in [4.69, 9.17) is 28.7 Å². The van der Waals surface area contributed by atoms with Crippen LogP contribution in [0.25, 0.3) is 0 Å². The number of imidazole rings is 1. The van der Waals surface area contributed by atoms with Crippen LogP contribution in [0.15, 0.2) is 22.5 Å². The second kappa shape index (κ2) is 18.0. The van der Waals surface area contributed by atoms with Gasteiger partial charge in [-0.05, 0) is 31.6 Å². The van der Waals surface area contributed by atoms with Crippen molar-refractivity contribution in [2.24, 2.45) is 44.6 Å². The van der Waals surface area contributed by atoms with Crippen molar-refractivity contribution < 1.29 is 24.3 Å². The standard InChI is InChI=1S/C24H44N12O5/c1-3-13(2)18(21(39)35-17(22(40)41)7-5-9-32-24(28)29)36-20(38)16(6-4-8-31-23(26)27)34-19(37)15(25)10-14-11-30-12-33-14/h11-13,15-18H,3-10,25H2,1-2H3,(H,30,33)(H,34,37)(H,35,39)(H,36,38)(H,40,41)(H4,26,27,31)(H4,28,29,32). The first-order valence-corrected chi connectivity index (χ1v) is 13.3. The number of hydrogen-bond donors (Lipinski definition) is 10. The van der Waals surface area contributed by atoms with Gasteiger partial charge in [0.2, 0.25) is 17.7 Å². The van der Waals surface area contributed by atoms with Crippen LogP contribution in [0.1, 0.15) is 51.6 Å². The van der Waals surface area contributed by atoms with Crippen molar-refractivity contribution in [2.45, 2.75) is 76.5 Å². The molecule has 5 unspecified atom stereocenters. The topological polar surface area (TPSA) is 308 Å². The average molecular weight is 581 g/mol. The first-order chi connectivity index (χ1) is 19.3. The Morgan fingerprint density at radius 2 is 1.49 bits per heavy atom. The number of carboxylic acid groups (broad SMARTS) is 1. The van der Waals surface area contributed by atoms with Gasteiger partial charge in [-0.25, -0.2) is 9.78 Å². The lowest BCUT2D eigenvalue weighted by Crippen LogP contribution is -2.58. The largest absolute Gasteiger partial charge is 0.480 e. The van der Waals surface area contributed by atoms with E-state index < -0.39 is 47.9 Å². The van der Waals surface area contributed by atoms with E-state index in [-0.39, 0.29) is 50.2 Å². The Kier molecular flexibility index (Phi) is 15.2. The van der Waals surface area contributed by atoms with Gasteiger partial charge in [-0.15, -0.1) is 0 Å². The Morgan fingerprint density at radius 1 is 0.927 bits per heavy atom. The lowest BCUT2D eigenvalue weighted by molar-refractivity contribution is -0.143. The SMILES string of the molecule is CCC(C)C(NC(=O)C(CCCN=C(N)N)NC(=O)C(N)Cc1cnc[nH]1)C(=O)NC(CCCN=C(N)N)C(=O)O. The molecule has 0 aliphatic carbocycles. The number of carbonyl (C=O) groups excluding carboxylic acids is 3. The molecule has 0 fully saturated rings. The molecule has 15 N–H and O–H groups in total. The predicted octanol–water partition coefficient (Wildman–Crippen LogP) is -3.03. The Morgan fingerprint density at radius 3 is 1.98 bits per heavy atom. The summed E-state index contributed by atoms with van der Waals surface area (Å²) in [5.74, 6) is -3.75. The number of hydrogen-bond acceptors (Lipinski definition) is 8. The number of H-pyrrole nitrogens is 1. The number of aliphatic carboxylic acids is 1. The second-order valence-electron chi connectivity index (χ2n) is 9.62. The number of guanidine groups is 2. The maximum atomic E-state index is 13.4. The molecule has 0 saturated heterocycles. The molecule has 3 amide bonds. The summed E-state index contributed by atoms with van der Waals surface area (Å²) in [7, 11) is 0. The van der Waals surface area contributed by atoms with E-state index in [0.717, 1.165) is 0 Å². The van der Waals surface area contributed by atoms with Crippen LogP contribution in [0.3, 0.4) is 0 Å². The smallest absolute Gasteiger partial charge is 0.326 e. The summed E-state index contributed by atoms with van der Waals surface area (Å²) >= 11 is 0. The quantitative estimate of drug-likeness (QED) is 0.0445. The normalized spacial score (nSPS) is 14.4. The van der Waals surface area contributed by atoms with Crippen molar-refractivity contribution in [1.29, 1.82) is 0 Å². The molecule has 17 heteroatoms. The predicted molar refractivity (Wildman–Crippen MR) is 153 cm³/mol. The molecule has 0 radical (unpaired) electrons. The number of carbonyl (C=O) groups is 4. The molecule has 0 aliphatic heterocycles. The molecular formula is C24H44N12O5. The van der Waals surface area contributed by atoms with Crippen LogP contribution >= 0.6 is 0 Å². The zero-order valence-electron chi connectivity index (χ0n) is 23.5. The van der Waals surface area contributed by atoms with Crippen molar-refractivity contribution in [3.05, 3.63) is 18.2 Å². The van der Waals surface area contributed by atoms with Crippen LogP contribution in [0, 0.1) is 5.92 Å². The highest BCUT2D eigenvalue weighted by Crippen LogP contribution is 2.11. The summed E-state index contributed by atoms with van der Waals surface area (Å²) in [5.41, 5.74) is 28.0. The zero-order chi connectivity index (χ0) is 30.9. The summed E-state index contributed by atoms with van der Waals surface area (Å²) in [4.78, 5) is 65.6. The first kappa shape index (κ1) is 34.6. The molecular weight excluding hydrogens is 536 g/mol. The molecule has 230 valence electrons. The Hall–Kier alpha value is -4.41. The molecule has 1 aromatic heterocycles. The number of carboxylic acids is 1. The minimum absolute atomic E-state index is 0.0662. The molecule has 1 aromatic rings. The second-order valence-corrected chi connectivity index (χ2v) is 9.62. The maximum Gasteiger partial charge on any atom is 0.326 e. The zero-order valence-corrected chi connectivity index (χ0v) is 23.5. The van der Waals surface area contributed by atoms with Crippen LogP contribution in [0.4, 0.5) is 0 Å². The number of nitrogens with zero attached hydrogens (tertiary/aromatic N) is 3. The number of nitrogens with two attached hydrogens (primary N) is 5. The van der Waals surface area contributed by atoms with E-state index in [9.17, 15) is 24.3 Å². The molecule has 0 bridgehead atoms. The highest BCUT2D eigenvalue weighted by molar-refractivity contribution is 5.94. The van der Waals surface area contributed by atoms with Crippen molar-refractivity contribution in [2.75, 3.05) is 13.1 Å². The number of nitrogens with one attached hydrogen (secondary N) is 4.